The zero-order chi connectivity index (χ0) is 14.1. The third-order valence-electron chi connectivity index (χ3n) is 3.77. The largest absolute Gasteiger partial charge is 0.455 e. The molecule has 1 aliphatic heterocycles. The van der Waals surface area contributed by atoms with Gasteiger partial charge in [0.15, 0.2) is 5.75 Å². The van der Waals surface area contributed by atoms with Gasteiger partial charge in [0, 0.05) is 5.56 Å². The summed E-state index contributed by atoms with van der Waals surface area (Å²) < 4.78 is 6.09. The molecule has 0 saturated heterocycles. The van der Waals surface area contributed by atoms with Crippen molar-refractivity contribution in [1.29, 1.82) is 0 Å². The Kier molecular flexibility index (Phi) is 2.86. The van der Waals surface area contributed by atoms with Crippen LogP contribution in [0.25, 0.3) is 0 Å². The Morgan fingerprint density at radius 2 is 1.33 bits per heavy atom. The van der Waals surface area contributed by atoms with Crippen molar-refractivity contribution in [2.75, 3.05) is 5.32 Å². The van der Waals surface area contributed by atoms with Crippen LogP contribution in [-0.2, 0) is 0 Å². The third kappa shape index (κ3) is 2.15. The molecule has 0 saturated carbocycles. The molecule has 0 fully saturated rings. The molecule has 0 bridgehead atoms. The Labute approximate surface area is 124 Å². The SMILES string of the molecule is c1ccc([C@@H]2Nc3ccccc3Oc3ccccc32)cc1. The monoisotopic (exact) mass is 273 g/mol. The lowest BCUT2D eigenvalue weighted by atomic mass is 9.98. The van der Waals surface area contributed by atoms with Crippen LogP contribution in [0.5, 0.6) is 11.5 Å². The zero-order valence-electron chi connectivity index (χ0n) is 11.5. The smallest absolute Gasteiger partial charge is 0.150 e. The fourth-order valence-corrected chi connectivity index (χ4v) is 2.75. The molecule has 3 aromatic carbocycles. The number of hydrogen-bond donors (Lipinski definition) is 1. The van der Waals surface area contributed by atoms with E-state index in [0.29, 0.717) is 0 Å². The van der Waals surface area contributed by atoms with Crippen molar-refractivity contribution < 1.29 is 4.74 Å². The van der Waals surface area contributed by atoms with E-state index in [4.69, 9.17) is 4.74 Å². The molecule has 2 nitrogen and oxygen atoms in total. The van der Waals surface area contributed by atoms with Gasteiger partial charge in [-0.1, -0.05) is 60.7 Å². The molecule has 102 valence electrons. The molecular weight excluding hydrogens is 258 g/mol. The first-order chi connectivity index (χ1) is 10.4. The highest BCUT2D eigenvalue weighted by Crippen LogP contribution is 2.41. The minimum atomic E-state index is 0.0889. The maximum absolute atomic E-state index is 6.09. The van der Waals surface area contributed by atoms with Crippen LogP contribution in [0.2, 0.25) is 0 Å². The summed E-state index contributed by atoms with van der Waals surface area (Å²) in [5.74, 6) is 1.77. The predicted octanol–water partition coefficient (Wildman–Crippen LogP) is 4.99. The first-order valence-corrected chi connectivity index (χ1v) is 7.09. The van der Waals surface area contributed by atoms with Gasteiger partial charge >= 0.3 is 0 Å². The Morgan fingerprint density at radius 3 is 2.19 bits per heavy atom. The van der Waals surface area contributed by atoms with E-state index in [1.807, 2.05) is 36.4 Å². The lowest BCUT2D eigenvalue weighted by molar-refractivity contribution is 0.483. The van der Waals surface area contributed by atoms with Crippen molar-refractivity contribution in [1.82, 2.24) is 0 Å². The lowest BCUT2D eigenvalue weighted by Crippen LogP contribution is -2.11. The van der Waals surface area contributed by atoms with E-state index in [1.54, 1.807) is 0 Å². The van der Waals surface area contributed by atoms with E-state index >= 15 is 0 Å². The van der Waals surface area contributed by atoms with Gasteiger partial charge in [0.2, 0.25) is 0 Å². The van der Waals surface area contributed by atoms with Crippen LogP contribution in [0, 0.1) is 0 Å². The number of fused-ring (bicyclic) bond motifs is 2. The van der Waals surface area contributed by atoms with E-state index in [0.717, 1.165) is 22.7 Å². The Bertz CT molecular complexity index is 767. The minimum Gasteiger partial charge on any atom is -0.455 e. The number of nitrogens with one attached hydrogen (secondary N) is 1. The van der Waals surface area contributed by atoms with E-state index in [9.17, 15) is 0 Å². The summed E-state index contributed by atoms with van der Waals surface area (Å²) in [6.07, 6.45) is 0. The summed E-state index contributed by atoms with van der Waals surface area (Å²) >= 11 is 0. The predicted molar refractivity (Wildman–Crippen MR) is 84.9 cm³/mol. The molecule has 1 N–H and O–H groups in total. The van der Waals surface area contributed by atoms with Crippen LogP contribution in [0.1, 0.15) is 17.2 Å². The van der Waals surface area contributed by atoms with E-state index < -0.39 is 0 Å². The second-order valence-electron chi connectivity index (χ2n) is 5.12. The quantitative estimate of drug-likeness (QED) is 0.674. The number of anilines is 1. The molecule has 1 atom stereocenters. The van der Waals surface area contributed by atoms with Gasteiger partial charge < -0.3 is 10.1 Å². The highest BCUT2D eigenvalue weighted by molar-refractivity contribution is 5.63. The molecule has 0 aliphatic carbocycles. The summed E-state index contributed by atoms with van der Waals surface area (Å²) in [6.45, 7) is 0. The standard InChI is InChI=1S/C19H15NO/c1-2-8-14(9-3-1)19-15-10-4-6-12-17(15)21-18-13-7-5-11-16(18)20-19/h1-13,19-20H/t19-/m0/s1. The van der Waals surface area contributed by atoms with E-state index in [1.165, 1.54) is 5.56 Å². The van der Waals surface area contributed by atoms with Crippen molar-refractivity contribution in [2.24, 2.45) is 0 Å². The second-order valence-corrected chi connectivity index (χ2v) is 5.12. The van der Waals surface area contributed by atoms with Crippen LogP contribution in [0.15, 0.2) is 78.9 Å². The summed E-state index contributed by atoms with van der Waals surface area (Å²) in [5, 5.41) is 3.61. The molecule has 4 rings (SSSR count). The van der Waals surface area contributed by atoms with Gasteiger partial charge in [-0.3, -0.25) is 0 Å². The van der Waals surface area contributed by atoms with E-state index in [2.05, 4.69) is 47.8 Å². The molecule has 1 aliphatic rings. The van der Waals surface area contributed by atoms with Crippen LogP contribution in [0.4, 0.5) is 5.69 Å². The van der Waals surface area contributed by atoms with Crippen LogP contribution >= 0.6 is 0 Å². The zero-order valence-corrected chi connectivity index (χ0v) is 11.5. The van der Waals surface area contributed by atoms with Crippen molar-refractivity contribution >= 4 is 5.69 Å². The molecule has 0 amide bonds. The summed E-state index contributed by atoms with van der Waals surface area (Å²) in [4.78, 5) is 0. The number of ether oxygens (including phenoxy) is 1. The Morgan fingerprint density at radius 1 is 0.667 bits per heavy atom. The molecule has 0 spiro atoms. The molecule has 0 aromatic heterocycles. The first kappa shape index (κ1) is 12.0. The van der Waals surface area contributed by atoms with Crippen molar-refractivity contribution in [3.63, 3.8) is 0 Å². The van der Waals surface area contributed by atoms with Crippen molar-refractivity contribution in [2.45, 2.75) is 6.04 Å². The van der Waals surface area contributed by atoms with Gasteiger partial charge in [-0.15, -0.1) is 0 Å². The molecule has 0 radical (unpaired) electrons. The highest BCUT2D eigenvalue weighted by Gasteiger charge is 2.23. The maximum atomic E-state index is 6.09. The number of para-hydroxylation sites is 3. The average molecular weight is 273 g/mol. The number of rotatable bonds is 1. The maximum Gasteiger partial charge on any atom is 0.150 e. The van der Waals surface area contributed by atoms with Gasteiger partial charge in [0.1, 0.15) is 5.75 Å². The van der Waals surface area contributed by atoms with Crippen LogP contribution in [-0.4, -0.2) is 0 Å². The highest BCUT2D eigenvalue weighted by atomic mass is 16.5. The molecule has 3 aromatic rings. The molecule has 0 unspecified atom stereocenters. The summed E-state index contributed by atoms with van der Waals surface area (Å²) in [7, 11) is 0. The van der Waals surface area contributed by atoms with Gasteiger partial charge in [0.05, 0.1) is 11.7 Å². The molecule has 1 heterocycles. The normalized spacial score (nSPS) is 15.9. The van der Waals surface area contributed by atoms with Crippen LogP contribution < -0.4 is 10.1 Å². The molecular formula is C19H15NO. The van der Waals surface area contributed by atoms with Crippen molar-refractivity contribution in [3.8, 4) is 11.5 Å². The summed E-state index contributed by atoms with van der Waals surface area (Å²) in [5.41, 5.74) is 3.40. The van der Waals surface area contributed by atoms with Gasteiger partial charge in [-0.2, -0.15) is 0 Å². The average Bonchev–Trinajstić information content (AvgIpc) is 2.72. The first-order valence-electron chi connectivity index (χ1n) is 7.09. The minimum absolute atomic E-state index is 0.0889. The Balaban J connectivity index is 1.90. The van der Waals surface area contributed by atoms with Gasteiger partial charge in [-0.25, -0.2) is 0 Å². The third-order valence-corrected chi connectivity index (χ3v) is 3.77. The fourth-order valence-electron chi connectivity index (χ4n) is 2.75. The second kappa shape index (κ2) is 4.98. The summed E-state index contributed by atoms with van der Waals surface area (Å²) in [6, 6.07) is 26.8. The van der Waals surface area contributed by atoms with Crippen LogP contribution in [0.3, 0.4) is 0 Å². The fraction of sp³-hybridized carbons (Fsp3) is 0.0526. The van der Waals surface area contributed by atoms with Crippen molar-refractivity contribution in [3.05, 3.63) is 90.0 Å². The molecule has 2 heteroatoms. The number of benzene rings is 3. The Hall–Kier alpha value is -2.74. The van der Waals surface area contributed by atoms with Gasteiger partial charge in [0.25, 0.3) is 0 Å². The topological polar surface area (TPSA) is 21.3 Å². The van der Waals surface area contributed by atoms with E-state index in [-0.39, 0.29) is 6.04 Å². The lowest BCUT2D eigenvalue weighted by Gasteiger charge is -2.19. The number of hydrogen-bond acceptors (Lipinski definition) is 2. The van der Waals surface area contributed by atoms with Gasteiger partial charge in [-0.05, 0) is 23.8 Å². The molecule has 21 heavy (non-hydrogen) atoms.